The van der Waals surface area contributed by atoms with Crippen LogP contribution in [0.1, 0.15) is 17.3 Å². The number of carbonyl (C=O) groups excluding carboxylic acids is 1. The first-order chi connectivity index (χ1) is 12.1. The molecule has 0 amide bonds. The molecule has 0 unspecified atom stereocenters. The third-order valence-electron chi connectivity index (χ3n) is 3.98. The molecule has 0 aliphatic heterocycles. The molecular weight excluding hydrogens is 348 g/mol. The van der Waals surface area contributed by atoms with E-state index < -0.39 is 0 Å². The van der Waals surface area contributed by atoms with Crippen LogP contribution in [0.4, 0.5) is 17.1 Å². The number of ether oxygens (including phenoxy) is 1. The molecule has 5 heteroatoms. The van der Waals surface area contributed by atoms with E-state index in [1.165, 1.54) is 0 Å². The van der Waals surface area contributed by atoms with E-state index >= 15 is 0 Å². The van der Waals surface area contributed by atoms with Gasteiger partial charge in [-0.25, -0.2) is 0 Å². The molecule has 3 rings (SSSR count). The minimum atomic E-state index is 0. The number of carbonyl (C=O) groups is 1. The maximum absolute atomic E-state index is 11.7. The van der Waals surface area contributed by atoms with Gasteiger partial charge >= 0.3 is 0 Å². The molecule has 4 nitrogen and oxygen atoms in total. The first kappa shape index (κ1) is 19.3. The van der Waals surface area contributed by atoms with Gasteiger partial charge in [-0.2, -0.15) is 0 Å². The second-order valence-corrected chi connectivity index (χ2v) is 5.80. The first-order valence-electron chi connectivity index (χ1n) is 7.99. The Morgan fingerprint density at radius 1 is 0.962 bits per heavy atom. The number of methoxy groups -OCH3 is 1. The molecule has 0 bridgehead atoms. The van der Waals surface area contributed by atoms with E-state index in [0.717, 1.165) is 33.9 Å². The van der Waals surface area contributed by atoms with Crippen molar-refractivity contribution in [3.05, 3.63) is 72.3 Å². The molecule has 0 saturated heterocycles. The lowest BCUT2D eigenvalue weighted by molar-refractivity contribution is 0.101. The molecular formula is C21H21ClN2O2. The predicted molar refractivity (Wildman–Crippen MR) is 110 cm³/mol. The third kappa shape index (κ3) is 4.35. The Morgan fingerprint density at radius 3 is 2.31 bits per heavy atom. The SMILES string of the molecule is COc1ccc(Nc2ccc(N)cc2)cc1-c1cccc(C(C)=O)c1.Cl. The Hall–Kier alpha value is -2.98. The lowest BCUT2D eigenvalue weighted by atomic mass is 10.00. The minimum absolute atomic E-state index is 0. The number of ketones is 1. The molecule has 0 spiro atoms. The number of hydrogen-bond donors (Lipinski definition) is 2. The van der Waals surface area contributed by atoms with Gasteiger partial charge < -0.3 is 15.8 Å². The zero-order valence-electron chi connectivity index (χ0n) is 14.7. The number of anilines is 3. The van der Waals surface area contributed by atoms with Gasteiger partial charge in [0, 0.05) is 28.2 Å². The summed E-state index contributed by atoms with van der Waals surface area (Å²) in [4.78, 5) is 11.7. The number of benzene rings is 3. The summed E-state index contributed by atoms with van der Waals surface area (Å²) in [5.74, 6) is 0.792. The number of halogens is 1. The summed E-state index contributed by atoms with van der Waals surface area (Å²) in [6.07, 6.45) is 0. The molecule has 0 aromatic heterocycles. The Labute approximate surface area is 159 Å². The van der Waals surface area contributed by atoms with Crippen molar-refractivity contribution < 1.29 is 9.53 Å². The molecule has 3 aromatic carbocycles. The van der Waals surface area contributed by atoms with Gasteiger partial charge in [0.05, 0.1) is 7.11 Å². The van der Waals surface area contributed by atoms with Crippen molar-refractivity contribution >= 4 is 35.3 Å². The molecule has 3 N–H and O–H groups in total. The monoisotopic (exact) mass is 368 g/mol. The number of rotatable bonds is 5. The van der Waals surface area contributed by atoms with E-state index in [1.807, 2.05) is 66.7 Å². The maximum atomic E-state index is 11.7. The van der Waals surface area contributed by atoms with E-state index in [4.69, 9.17) is 10.5 Å². The lowest BCUT2D eigenvalue weighted by Gasteiger charge is -2.13. The minimum Gasteiger partial charge on any atom is -0.496 e. The maximum Gasteiger partial charge on any atom is 0.159 e. The summed E-state index contributed by atoms with van der Waals surface area (Å²) in [6, 6.07) is 21.0. The van der Waals surface area contributed by atoms with E-state index in [-0.39, 0.29) is 18.2 Å². The van der Waals surface area contributed by atoms with Crippen LogP contribution < -0.4 is 15.8 Å². The van der Waals surface area contributed by atoms with Crippen LogP contribution in [0.15, 0.2) is 66.7 Å². The van der Waals surface area contributed by atoms with Crippen molar-refractivity contribution in [2.75, 3.05) is 18.2 Å². The molecule has 0 radical (unpaired) electrons. The summed E-state index contributed by atoms with van der Waals surface area (Å²) < 4.78 is 5.49. The van der Waals surface area contributed by atoms with E-state index in [9.17, 15) is 4.79 Å². The van der Waals surface area contributed by atoms with Gasteiger partial charge in [0.25, 0.3) is 0 Å². The summed E-state index contributed by atoms with van der Waals surface area (Å²) >= 11 is 0. The molecule has 0 saturated carbocycles. The lowest BCUT2D eigenvalue weighted by Crippen LogP contribution is -1.95. The summed E-state index contributed by atoms with van der Waals surface area (Å²) in [5.41, 5.74) is 10.9. The summed E-state index contributed by atoms with van der Waals surface area (Å²) in [6.45, 7) is 1.56. The van der Waals surface area contributed by atoms with Crippen molar-refractivity contribution in [3.8, 4) is 16.9 Å². The van der Waals surface area contributed by atoms with Gasteiger partial charge in [-0.15, -0.1) is 12.4 Å². The predicted octanol–water partition coefficient (Wildman–Crippen LogP) is 5.31. The number of hydrogen-bond acceptors (Lipinski definition) is 4. The Balaban J connectivity index is 0.00000243. The standard InChI is InChI=1S/C21H20N2O2.ClH/c1-14(24)15-4-3-5-16(12-15)20-13-19(10-11-21(20)25-2)23-18-8-6-17(22)7-9-18;/h3-13,23H,22H2,1-2H3;1H. The van der Waals surface area contributed by atoms with E-state index in [2.05, 4.69) is 5.32 Å². The molecule has 134 valence electrons. The van der Waals surface area contributed by atoms with Crippen molar-refractivity contribution in [2.45, 2.75) is 6.92 Å². The summed E-state index contributed by atoms with van der Waals surface area (Å²) in [5, 5.41) is 3.35. The van der Waals surface area contributed by atoms with Crippen LogP contribution in [0.5, 0.6) is 5.75 Å². The number of nitrogens with two attached hydrogens (primary N) is 1. The van der Waals surface area contributed by atoms with Crippen LogP contribution in [0.3, 0.4) is 0 Å². The van der Waals surface area contributed by atoms with Crippen LogP contribution in [0.25, 0.3) is 11.1 Å². The highest BCUT2D eigenvalue weighted by Crippen LogP contribution is 2.34. The van der Waals surface area contributed by atoms with Gasteiger partial charge in [-0.05, 0) is 61.0 Å². The average Bonchev–Trinajstić information content (AvgIpc) is 2.63. The fourth-order valence-corrected chi connectivity index (χ4v) is 2.65. The topological polar surface area (TPSA) is 64.3 Å². The summed E-state index contributed by atoms with van der Waals surface area (Å²) in [7, 11) is 1.64. The molecule has 26 heavy (non-hydrogen) atoms. The molecule has 0 heterocycles. The normalized spacial score (nSPS) is 9.92. The Kier molecular flexibility index (Phi) is 6.26. The van der Waals surface area contributed by atoms with Crippen molar-refractivity contribution in [3.63, 3.8) is 0 Å². The van der Waals surface area contributed by atoms with Crippen LogP contribution in [0, 0.1) is 0 Å². The molecule has 0 aliphatic carbocycles. The van der Waals surface area contributed by atoms with Gasteiger partial charge in [0.1, 0.15) is 5.75 Å². The molecule has 3 aromatic rings. The van der Waals surface area contributed by atoms with E-state index in [0.29, 0.717) is 5.56 Å². The third-order valence-corrected chi connectivity index (χ3v) is 3.98. The number of Topliss-reactive ketones (excluding diaryl/α,β-unsaturated/α-hetero) is 1. The molecule has 0 atom stereocenters. The Morgan fingerprint density at radius 2 is 1.65 bits per heavy atom. The molecule has 0 fully saturated rings. The van der Waals surface area contributed by atoms with Crippen LogP contribution in [0.2, 0.25) is 0 Å². The van der Waals surface area contributed by atoms with Gasteiger partial charge in [0.2, 0.25) is 0 Å². The van der Waals surface area contributed by atoms with Crippen molar-refractivity contribution in [1.29, 1.82) is 0 Å². The van der Waals surface area contributed by atoms with Gasteiger partial charge in [-0.3, -0.25) is 4.79 Å². The fraction of sp³-hybridized carbons (Fsp3) is 0.0952. The zero-order valence-corrected chi connectivity index (χ0v) is 15.5. The van der Waals surface area contributed by atoms with Gasteiger partial charge in [-0.1, -0.05) is 18.2 Å². The van der Waals surface area contributed by atoms with E-state index in [1.54, 1.807) is 14.0 Å². The fourth-order valence-electron chi connectivity index (χ4n) is 2.65. The zero-order chi connectivity index (χ0) is 17.8. The average molecular weight is 369 g/mol. The smallest absolute Gasteiger partial charge is 0.159 e. The number of nitrogens with one attached hydrogen (secondary N) is 1. The second-order valence-electron chi connectivity index (χ2n) is 5.80. The van der Waals surface area contributed by atoms with Gasteiger partial charge in [0.15, 0.2) is 5.78 Å². The quantitative estimate of drug-likeness (QED) is 0.473. The number of nitrogen functional groups attached to an aromatic ring is 1. The van der Waals surface area contributed by atoms with Crippen molar-refractivity contribution in [2.24, 2.45) is 0 Å². The Bertz CT molecular complexity index is 908. The van der Waals surface area contributed by atoms with Crippen molar-refractivity contribution in [1.82, 2.24) is 0 Å². The van der Waals surface area contributed by atoms with Crippen LogP contribution >= 0.6 is 12.4 Å². The highest BCUT2D eigenvalue weighted by atomic mass is 35.5. The highest BCUT2D eigenvalue weighted by molar-refractivity contribution is 5.95. The van der Waals surface area contributed by atoms with Crippen LogP contribution in [-0.2, 0) is 0 Å². The first-order valence-corrected chi connectivity index (χ1v) is 7.99. The van der Waals surface area contributed by atoms with Crippen LogP contribution in [-0.4, -0.2) is 12.9 Å². The highest BCUT2D eigenvalue weighted by Gasteiger charge is 2.09. The second kappa shape index (κ2) is 8.41. The largest absolute Gasteiger partial charge is 0.496 e. The molecule has 0 aliphatic rings.